The number of methoxy groups -OCH3 is 1. The number of rotatable bonds is 6. The van der Waals surface area contributed by atoms with Gasteiger partial charge in [-0.1, -0.05) is 42.5 Å². The first kappa shape index (κ1) is 26.1. The maximum Gasteiger partial charge on any atom is 0.409 e. The van der Waals surface area contributed by atoms with Gasteiger partial charge in [-0.2, -0.15) is 5.10 Å². The molecule has 10 nitrogen and oxygen atoms in total. The van der Waals surface area contributed by atoms with Crippen LogP contribution in [0.3, 0.4) is 0 Å². The molecule has 0 spiro atoms. The van der Waals surface area contributed by atoms with Crippen molar-refractivity contribution in [1.82, 2.24) is 29.5 Å². The van der Waals surface area contributed by atoms with E-state index in [1.165, 1.54) is 7.11 Å². The van der Waals surface area contributed by atoms with E-state index in [4.69, 9.17) is 14.6 Å². The van der Waals surface area contributed by atoms with E-state index in [-0.39, 0.29) is 18.0 Å². The van der Waals surface area contributed by atoms with Crippen molar-refractivity contribution in [2.75, 3.05) is 46.5 Å². The lowest BCUT2D eigenvalue weighted by Crippen LogP contribution is -2.40. The first-order chi connectivity index (χ1) is 19.6. The molecule has 0 saturated carbocycles. The molecule has 2 saturated heterocycles. The molecule has 2 aliphatic rings. The van der Waals surface area contributed by atoms with E-state index in [0.717, 1.165) is 41.3 Å². The summed E-state index contributed by atoms with van der Waals surface area (Å²) in [4.78, 5) is 37.1. The molecular formula is C30H34N6O4. The summed E-state index contributed by atoms with van der Waals surface area (Å²) in [6, 6.07) is 14.2. The number of nitrogens with zero attached hydrogens (tertiary/aromatic N) is 5. The average molecular weight is 543 g/mol. The molecule has 0 radical (unpaired) electrons. The second kappa shape index (κ2) is 11.5. The Bertz CT molecular complexity index is 1460. The van der Waals surface area contributed by atoms with E-state index in [1.54, 1.807) is 11.2 Å². The Morgan fingerprint density at radius 2 is 1.82 bits per heavy atom. The molecule has 2 fully saturated rings. The van der Waals surface area contributed by atoms with Gasteiger partial charge in [-0.25, -0.2) is 9.78 Å². The smallest absolute Gasteiger partial charge is 0.409 e. The third kappa shape index (κ3) is 5.19. The van der Waals surface area contributed by atoms with Gasteiger partial charge in [-0.05, 0) is 36.0 Å². The number of piperidine rings is 1. The van der Waals surface area contributed by atoms with Crippen molar-refractivity contribution in [3.05, 3.63) is 72.4 Å². The van der Waals surface area contributed by atoms with Crippen molar-refractivity contribution in [2.45, 2.75) is 25.3 Å². The molecule has 1 unspecified atom stereocenters. The van der Waals surface area contributed by atoms with Gasteiger partial charge in [0.05, 0.1) is 50.1 Å². The number of likely N-dealkylation sites (tertiary alicyclic amines) is 1. The number of carbonyl (C=O) groups excluding carboxylic acids is 2. The summed E-state index contributed by atoms with van der Waals surface area (Å²) in [5, 5.41) is 7.28. The van der Waals surface area contributed by atoms with Crippen LogP contribution in [0.4, 0.5) is 4.79 Å². The summed E-state index contributed by atoms with van der Waals surface area (Å²) in [5.74, 6) is 0.338. The second-order valence-electron chi connectivity index (χ2n) is 10.5. The minimum Gasteiger partial charge on any atom is -0.453 e. The summed E-state index contributed by atoms with van der Waals surface area (Å²) >= 11 is 0. The van der Waals surface area contributed by atoms with E-state index in [9.17, 15) is 9.59 Å². The summed E-state index contributed by atoms with van der Waals surface area (Å²) in [5.41, 5.74) is 3.14. The van der Waals surface area contributed by atoms with E-state index >= 15 is 0 Å². The number of benzene rings is 2. The highest BCUT2D eigenvalue weighted by Gasteiger charge is 2.31. The third-order valence-corrected chi connectivity index (χ3v) is 8.11. The Kier molecular flexibility index (Phi) is 7.50. The van der Waals surface area contributed by atoms with Gasteiger partial charge in [0.15, 0.2) is 0 Å². The molecule has 6 rings (SSSR count). The van der Waals surface area contributed by atoms with Crippen molar-refractivity contribution < 1.29 is 19.1 Å². The van der Waals surface area contributed by atoms with Crippen LogP contribution in [0.5, 0.6) is 0 Å². The Balaban J connectivity index is 1.38. The van der Waals surface area contributed by atoms with Crippen molar-refractivity contribution >= 4 is 22.8 Å². The van der Waals surface area contributed by atoms with Crippen LogP contribution in [0.1, 0.15) is 41.4 Å². The molecule has 2 aromatic heterocycles. The molecule has 208 valence electrons. The maximum absolute atomic E-state index is 13.9. The number of hydrogen-bond donors (Lipinski definition) is 1. The van der Waals surface area contributed by atoms with Crippen molar-refractivity contribution in [3.63, 3.8) is 0 Å². The van der Waals surface area contributed by atoms with E-state index in [1.807, 2.05) is 46.2 Å². The Morgan fingerprint density at radius 1 is 1.05 bits per heavy atom. The number of carbonyl (C=O) groups is 2. The zero-order valence-corrected chi connectivity index (χ0v) is 22.7. The van der Waals surface area contributed by atoms with E-state index in [2.05, 4.69) is 28.2 Å². The fraction of sp³-hybridized carbons (Fsp3) is 0.400. The SMILES string of the molecule is COC(=O)N1CCC(CC(c2cnc[nH]2)n2cc(C(=O)N3CCOCC3)c(-c3cccc4ccccc34)n2)CC1. The fourth-order valence-electron chi connectivity index (χ4n) is 5.90. The fourth-order valence-corrected chi connectivity index (χ4v) is 5.90. The van der Waals surface area contributed by atoms with Gasteiger partial charge in [0.25, 0.3) is 5.91 Å². The van der Waals surface area contributed by atoms with Crippen LogP contribution < -0.4 is 0 Å². The zero-order valence-electron chi connectivity index (χ0n) is 22.7. The Hall–Kier alpha value is -4.18. The third-order valence-electron chi connectivity index (χ3n) is 8.11. The Morgan fingerprint density at radius 3 is 2.58 bits per heavy atom. The van der Waals surface area contributed by atoms with Crippen molar-refractivity contribution in [1.29, 1.82) is 0 Å². The number of imidazole rings is 1. The van der Waals surface area contributed by atoms with Crippen LogP contribution in [0.15, 0.2) is 61.2 Å². The summed E-state index contributed by atoms with van der Waals surface area (Å²) in [6.07, 6.45) is 7.69. The number of morpholine rings is 1. The lowest BCUT2D eigenvalue weighted by atomic mass is 9.89. The highest BCUT2D eigenvalue weighted by atomic mass is 16.5. The number of nitrogens with one attached hydrogen (secondary N) is 1. The molecule has 4 aromatic rings. The lowest BCUT2D eigenvalue weighted by molar-refractivity contribution is 0.0303. The van der Waals surface area contributed by atoms with Gasteiger partial charge in [0, 0.05) is 37.9 Å². The topological polar surface area (TPSA) is 106 Å². The minimum absolute atomic E-state index is 0.0350. The number of aromatic nitrogens is 4. The van der Waals surface area contributed by atoms with Gasteiger partial charge in [0.2, 0.25) is 0 Å². The van der Waals surface area contributed by atoms with E-state index < -0.39 is 0 Å². The van der Waals surface area contributed by atoms with Crippen LogP contribution in [0.2, 0.25) is 0 Å². The summed E-state index contributed by atoms with van der Waals surface area (Å²) < 4.78 is 12.4. The van der Waals surface area contributed by atoms with Crippen molar-refractivity contribution in [2.24, 2.45) is 5.92 Å². The van der Waals surface area contributed by atoms with Crippen LogP contribution in [-0.4, -0.2) is 88.1 Å². The predicted molar refractivity (Wildman–Crippen MR) is 150 cm³/mol. The van der Waals surface area contributed by atoms with Crippen LogP contribution >= 0.6 is 0 Å². The number of fused-ring (bicyclic) bond motifs is 1. The molecule has 40 heavy (non-hydrogen) atoms. The van der Waals surface area contributed by atoms with Crippen LogP contribution in [-0.2, 0) is 9.47 Å². The molecule has 1 atom stereocenters. The number of hydrogen-bond acceptors (Lipinski definition) is 6. The number of amides is 2. The van der Waals surface area contributed by atoms with Crippen LogP contribution in [0.25, 0.3) is 22.0 Å². The van der Waals surface area contributed by atoms with E-state index in [0.29, 0.717) is 56.6 Å². The van der Waals surface area contributed by atoms with Gasteiger partial charge >= 0.3 is 6.09 Å². The molecule has 10 heteroatoms. The predicted octanol–water partition coefficient (Wildman–Crippen LogP) is 4.36. The average Bonchev–Trinajstić information content (AvgIpc) is 3.71. The van der Waals surface area contributed by atoms with Gasteiger partial charge < -0.3 is 24.3 Å². The normalized spacial score (nSPS) is 17.2. The summed E-state index contributed by atoms with van der Waals surface area (Å²) in [7, 11) is 1.42. The molecule has 0 aliphatic carbocycles. The van der Waals surface area contributed by atoms with Crippen LogP contribution in [0, 0.1) is 5.92 Å². The van der Waals surface area contributed by atoms with Crippen molar-refractivity contribution in [3.8, 4) is 11.3 Å². The first-order valence-electron chi connectivity index (χ1n) is 13.9. The largest absolute Gasteiger partial charge is 0.453 e. The molecule has 2 amide bonds. The summed E-state index contributed by atoms with van der Waals surface area (Å²) in [6.45, 7) is 3.50. The monoisotopic (exact) mass is 542 g/mol. The molecule has 2 aromatic carbocycles. The second-order valence-corrected chi connectivity index (χ2v) is 10.5. The number of ether oxygens (including phenoxy) is 2. The number of aromatic amines is 1. The Labute approximate surface area is 232 Å². The van der Waals surface area contributed by atoms with Gasteiger partial charge in [-0.3, -0.25) is 9.48 Å². The molecular weight excluding hydrogens is 508 g/mol. The lowest BCUT2D eigenvalue weighted by Gasteiger charge is -2.32. The van der Waals surface area contributed by atoms with Gasteiger partial charge in [0.1, 0.15) is 5.69 Å². The number of H-pyrrole nitrogens is 1. The maximum atomic E-state index is 13.9. The molecule has 1 N–H and O–H groups in total. The highest BCUT2D eigenvalue weighted by molar-refractivity contribution is 6.04. The highest BCUT2D eigenvalue weighted by Crippen LogP contribution is 2.35. The van der Waals surface area contributed by atoms with Gasteiger partial charge in [-0.15, -0.1) is 0 Å². The first-order valence-corrected chi connectivity index (χ1v) is 13.9. The quantitative estimate of drug-likeness (QED) is 0.388. The molecule has 4 heterocycles. The zero-order chi connectivity index (χ0) is 27.5. The molecule has 0 bridgehead atoms. The standard InChI is InChI=1S/C30H34N6O4/c1-39-30(38)35-11-9-21(10-12-35)17-27(26-18-31-20-32-26)36-19-25(29(37)34-13-15-40-16-14-34)28(33-36)24-8-4-6-22-5-2-3-7-23(22)24/h2-8,18-21,27H,9-17H2,1H3,(H,31,32). The minimum atomic E-state index is -0.276. The molecule has 2 aliphatic heterocycles.